The molecule has 2 N–H and O–H groups in total. The van der Waals surface area contributed by atoms with Crippen LogP contribution in [-0.2, 0) is 10.9 Å². The van der Waals surface area contributed by atoms with Crippen molar-refractivity contribution in [1.29, 1.82) is 0 Å². The first-order chi connectivity index (χ1) is 7.86. The van der Waals surface area contributed by atoms with Crippen LogP contribution in [0, 0.1) is 5.82 Å². The van der Waals surface area contributed by atoms with Crippen molar-refractivity contribution in [3.05, 3.63) is 35.1 Å². The quantitative estimate of drug-likeness (QED) is 0.775. The molecule has 0 fully saturated rings. The van der Waals surface area contributed by atoms with Gasteiger partial charge in [-0.15, -0.1) is 0 Å². The number of hydrogen-bond acceptors (Lipinski definition) is 3. The predicted molar refractivity (Wildman–Crippen MR) is 51.7 cm³/mol. The molecule has 0 spiro atoms. The predicted octanol–water partition coefficient (Wildman–Crippen LogP) is 2.23. The van der Waals surface area contributed by atoms with Gasteiger partial charge in [-0.1, -0.05) is 0 Å². The molecule has 1 aliphatic heterocycles. The standard InChI is InChI=1S/C10H8F4N2O/c11-7-2-5(8-4-17-9(15)16-8)1-6(3-7)10(12,13)14/h1-3,8H,4H2,(H2,15,16). The van der Waals surface area contributed by atoms with Crippen molar-refractivity contribution < 1.29 is 22.3 Å². The molecule has 0 aromatic heterocycles. The maximum absolute atomic E-state index is 13.1. The molecular formula is C10H8F4N2O. The number of alkyl halides is 3. The molecule has 0 saturated heterocycles. The zero-order valence-corrected chi connectivity index (χ0v) is 8.46. The van der Waals surface area contributed by atoms with Gasteiger partial charge in [-0.3, -0.25) is 0 Å². The second kappa shape index (κ2) is 3.90. The van der Waals surface area contributed by atoms with E-state index in [9.17, 15) is 17.6 Å². The lowest BCUT2D eigenvalue weighted by Gasteiger charge is -2.11. The molecule has 1 aliphatic rings. The molecular weight excluding hydrogens is 240 g/mol. The van der Waals surface area contributed by atoms with Crippen LogP contribution in [0.25, 0.3) is 0 Å². The first-order valence-electron chi connectivity index (χ1n) is 4.70. The molecule has 92 valence electrons. The van der Waals surface area contributed by atoms with Gasteiger partial charge in [-0.2, -0.15) is 13.2 Å². The fourth-order valence-electron chi connectivity index (χ4n) is 1.53. The molecule has 7 heteroatoms. The Hall–Kier alpha value is -1.79. The molecule has 1 unspecified atom stereocenters. The summed E-state index contributed by atoms with van der Waals surface area (Å²) >= 11 is 0. The van der Waals surface area contributed by atoms with Crippen molar-refractivity contribution in [2.45, 2.75) is 12.2 Å². The third-order valence-electron chi connectivity index (χ3n) is 2.30. The molecule has 0 amide bonds. The topological polar surface area (TPSA) is 47.6 Å². The Morgan fingerprint density at radius 2 is 2.00 bits per heavy atom. The number of hydrogen-bond donors (Lipinski definition) is 1. The van der Waals surface area contributed by atoms with Crippen LogP contribution in [0.4, 0.5) is 17.6 Å². The van der Waals surface area contributed by atoms with E-state index >= 15 is 0 Å². The molecule has 1 heterocycles. The first-order valence-corrected chi connectivity index (χ1v) is 4.70. The normalized spacial score (nSPS) is 20.0. The Morgan fingerprint density at radius 3 is 2.53 bits per heavy atom. The summed E-state index contributed by atoms with van der Waals surface area (Å²) in [5.41, 5.74) is 4.28. The largest absolute Gasteiger partial charge is 0.463 e. The lowest BCUT2D eigenvalue weighted by Crippen LogP contribution is -2.10. The van der Waals surface area contributed by atoms with E-state index in [-0.39, 0.29) is 18.2 Å². The van der Waals surface area contributed by atoms with Crippen molar-refractivity contribution >= 4 is 6.02 Å². The highest BCUT2D eigenvalue weighted by Gasteiger charge is 2.32. The summed E-state index contributed by atoms with van der Waals surface area (Å²) in [6.07, 6.45) is -4.59. The average Bonchev–Trinajstić information content (AvgIpc) is 2.62. The van der Waals surface area contributed by atoms with Crippen LogP contribution in [0.5, 0.6) is 0 Å². The molecule has 0 saturated carbocycles. The zero-order chi connectivity index (χ0) is 12.6. The average molecular weight is 248 g/mol. The highest BCUT2D eigenvalue weighted by atomic mass is 19.4. The van der Waals surface area contributed by atoms with Crippen molar-refractivity contribution in [2.24, 2.45) is 10.7 Å². The second-order valence-corrected chi connectivity index (χ2v) is 3.57. The van der Waals surface area contributed by atoms with E-state index in [1.54, 1.807) is 0 Å². The molecule has 0 aliphatic carbocycles. The van der Waals surface area contributed by atoms with E-state index in [0.717, 1.165) is 12.1 Å². The smallest absolute Gasteiger partial charge is 0.416 e. The van der Waals surface area contributed by atoms with E-state index in [4.69, 9.17) is 10.5 Å². The van der Waals surface area contributed by atoms with Crippen LogP contribution >= 0.6 is 0 Å². The van der Waals surface area contributed by atoms with Crippen LogP contribution in [-0.4, -0.2) is 12.6 Å². The Labute approximate surface area is 93.9 Å². The number of halogens is 4. The monoisotopic (exact) mass is 248 g/mol. The van der Waals surface area contributed by atoms with Crippen LogP contribution < -0.4 is 5.73 Å². The maximum Gasteiger partial charge on any atom is 0.416 e. The molecule has 2 rings (SSSR count). The van der Waals surface area contributed by atoms with E-state index in [1.165, 1.54) is 0 Å². The molecule has 0 bridgehead atoms. The summed E-state index contributed by atoms with van der Waals surface area (Å²) in [6, 6.07) is 1.48. The van der Waals surface area contributed by atoms with Gasteiger partial charge in [0.05, 0.1) is 5.56 Å². The van der Waals surface area contributed by atoms with Crippen molar-refractivity contribution in [3.63, 3.8) is 0 Å². The molecule has 1 atom stereocenters. The highest BCUT2D eigenvalue weighted by Crippen LogP contribution is 2.33. The lowest BCUT2D eigenvalue weighted by atomic mass is 10.0. The minimum atomic E-state index is -4.59. The Balaban J connectivity index is 2.39. The summed E-state index contributed by atoms with van der Waals surface area (Å²) in [5, 5.41) is 0. The molecule has 3 nitrogen and oxygen atoms in total. The van der Waals surface area contributed by atoms with Crippen molar-refractivity contribution in [2.75, 3.05) is 6.61 Å². The van der Waals surface area contributed by atoms with E-state index in [2.05, 4.69) is 4.99 Å². The van der Waals surface area contributed by atoms with E-state index in [0.29, 0.717) is 6.07 Å². The zero-order valence-electron chi connectivity index (χ0n) is 8.46. The van der Waals surface area contributed by atoms with E-state index in [1.807, 2.05) is 0 Å². The van der Waals surface area contributed by atoms with Gasteiger partial charge in [0.15, 0.2) is 0 Å². The Morgan fingerprint density at radius 1 is 1.29 bits per heavy atom. The molecule has 1 aromatic rings. The number of nitrogens with two attached hydrogens (primary N) is 1. The van der Waals surface area contributed by atoms with Crippen molar-refractivity contribution in [1.82, 2.24) is 0 Å². The third kappa shape index (κ3) is 2.48. The van der Waals surface area contributed by atoms with Gasteiger partial charge < -0.3 is 10.5 Å². The van der Waals surface area contributed by atoms with Crippen LogP contribution in [0.1, 0.15) is 17.2 Å². The Kier molecular flexibility index (Phi) is 2.68. The Bertz CT molecular complexity index is 470. The number of ether oxygens (including phenoxy) is 1. The summed E-state index contributed by atoms with van der Waals surface area (Å²) in [5.74, 6) is -0.963. The molecule has 17 heavy (non-hydrogen) atoms. The van der Waals surface area contributed by atoms with Gasteiger partial charge in [-0.05, 0) is 23.8 Å². The second-order valence-electron chi connectivity index (χ2n) is 3.57. The number of aliphatic imine (C=N–C) groups is 1. The van der Waals surface area contributed by atoms with Crippen LogP contribution in [0.2, 0.25) is 0 Å². The van der Waals surface area contributed by atoms with Gasteiger partial charge in [-0.25, -0.2) is 9.38 Å². The third-order valence-corrected chi connectivity index (χ3v) is 2.30. The lowest BCUT2D eigenvalue weighted by molar-refractivity contribution is -0.137. The molecule has 0 radical (unpaired) electrons. The number of benzene rings is 1. The fourth-order valence-corrected chi connectivity index (χ4v) is 1.53. The SMILES string of the molecule is NC1=NC(c2cc(F)cc(C(F)(F)F)c2)CO1. The van der Waals surface area contributed by atoms with E-state index < -0.39 is 23.6 Å². The minimum absolute atomic E-state index is 0.0204. The maximum atomic E-state index is 13.1. The first kappa shape index (κ1) is 11.7. The number of nitrogens with zero attached hydrogens (tertiary/aromatic N) is 1. The number of amidine groups is 1. The van der Waals surface area contributed by atoms with Crippen LogP contribution in [0.15, 0.2) is 23.2 Å². The highest BCUT2D eigenvalue weighted by molar-refractivity contribution is 5.73. The number of rotatable bonds is 1. The van der Waals surface area contributed by atoms with Gasteiger partial charge in [0.1, 0.15) is 18.5 Å². The summed E-state index contributed by atoms with van der Waals surface area (Å²) in [7, 11) is 0. The summed E-state index contributed by atoms with van der Waals surface area (Å²) < 4.78 is 55.3. The van der Waals surface area contributed by atoms with Crippen LogP contribution in [0.3, 0.4) is 0 Å². The van der Waals surface area contributed by atoms with Gasteiger partial charge in [0.2, 0.25) is 0 Å². The van der Waals surface area contributed by atoms with Gasteiger partial charge >= 0.3 is 6.18 Å². The van der Waals surface area contributed by atoms with Gasteiger partial charge in [0, 0.05) is 0 Å². The molecule has 1 aromatic carbocycles. The fraction of sp³-hybridized carbons (Fsp3) is 0.300. The van der Waals surface area contributed by atoms with Gasteiger partial charge in [0.25, 0.3) is 6.02 Å². The van der Waals surface area contributed by atoms with Crippen molar-refractivity contribution in [3.8, 4) is 0 Å². The summed E-state index contributed by atoms with van der Waals surface area (Å²) in [4.78, 5) is 3.76. The summed E-state index contributed by atoms with van der Waals surface area (Å²) in [6.45, 7) is 0.0204. The minimum Gasteiger partial charge on any atom is -0.463 e.